The van der Waals surface area contributed by atoms with E-state index in [0.717, 1.165) is 103 Å². The van der Waals surface area contributed by atoms with Gasteiger partial charge in [-0.15, -0.1) is 0 Å². The number of rotatable bonds is 15. The number of hydrogen-bond acceptors (Lipinski definition) is 6. The van der Waals surface area contributed by atoms with Gasteiger partial charge in [0.15, 0.2) is 5.16 Å². The fraction of sp³-hybridized carbons (Fsp3) is 0.368. The second kappa shape index (κ2) is 17.1. The van der Waals surface area contributed by atoms with Crippen molar-refractivity contribution in [3.63, 3.8) is 0 Å². The van der Waals surface area contributed by atoms with E-state index < -0.39 is 0 Å². The SMILES string of the molecule is CCCn1c(SCCCCC(=O)N2CCN(CC=Cc3ccccc3)CC2)nc(-c2ccc(OC)cc2)c1-c1ccc(OC)cc1. The first-order valence-corrected chi connectivity index (χ1v) is 17.3. The van der Waals surface area contributed by atoms with Crippen LogP contribution in [0.5, 0.6) is 11.5 Å². The van der Waals surface area contributed by atoms with Crippen molar-refractivity contribution in [1.82, 2.24) is 19.4 Å². The lowest BCUT2D eigenvalue weighted by Crippen LogP contribution is -2.48. The molecule has 7 nitrogen and oxygen atoms in total. The van der Waals surface area contributed by atoms with Gasteiger partial charge in [0.05, 0.1) is 25.6 Å². The molecule has 1 aromatic heterocycles. The summed E-state index contributed by atoms with van der Waals surface area (Å²) >= 11 is 1.78. The molecule has 46 heavy (non-hydrogen) atoms. The Morgan fingerprint density at radius 2 is 1.50 bits per heavy atom. The third kappa shape index (κ3) is 8.83. The van der Waals surface area contributed by atoms with E-state index in [4.69, 9.17) is 14.5 Å². The average Bonchev–Trinajstić information content (AvgIpc) is 3.46. The molecule has 3 aromatic carbocycles. The number of piperazine rings is 1. The first-order chi connectivity index (χ1) is 22.6. The van der Waals surface area contributed by atoms with E-state index in [9.17, 15) is 4.79 Å². The lowest BCUT2D eigenvalue weighted by atomic mass is 10.0. The molecular formula is C38H46N4O3S. The molecular weight excluding hydrogens is 593 g/mol. The molecule has 0 spiro atoms. The Balaban J connectivity index is 1.16. The van der Waals surface area contributed by atoms with Gasteiger partial charge in [-0.1, -0.05) is 61.2 Å². The highest BCUT2D eigenvalue weighted by Gasteiger charge is 2.22. The van der Waals surface area contributed by atoms with Crippen LogP contribution in [0, 0.1) is 0 Å². The van der Waals surface area contributed by atoms with Crippen molar-refractivity contribution in [2.75, 3.05) is 52.7 Å². The number of aromatic nitrogens is 2. The number of carbonyl (C=O) groups excluding carboxylic acids is 1. The van der Waals surface area contributed by atoms with E-state index in [1.165, 1.54) is 5.56 Å². The molecule has 0 aliphatic carbocycles. The van der Waals surface area contributed by atoms with Gasteiger partial charge in [0, 0.05) is 62.6 Å². The lowest BCUT2D eigenvalue weighted by Gasteiger charge is -2.34. The van der Waals surface area contributed by atoms with Crippen molar-refractivity contribution in [2.45, 2.75) is 44.3 Å². The summed E-state index contributed by atoms with van der Waals surface area (Å²) in [5, 5.41) is 1.02. The minimum atomic E-state index is 0.278. The fourth-order valence-corrected chi connectivity index (χ4v) is 6.77. The molecule has 8 heteroatoms. The monoisotopic (exact) mass is 638 g/mol. The summed E-state index contributed by atoms with van der Waals surface area (Å²) in [5.74, 6) is 2.85. The molecule has 242 valence electrons. The molecule has 1 amide bonds. The van der Waals surface area contributed by atoms with Crippen LogP contribution < -0.4 is 9.47 Å². The van der Waals surface area contributed by atoms with Crippen LogP contribution in [-0.4, -0.2) is 78.0 Å². The number of benzene rings is 3. The molecule has 1 saturated heterocycles. The standard InChI is InChI=1S/C38H46N4O3S/c1-4-23-42-37(32-17-21-34(45-3)22-18-32)36(31-15-19-33(44-2)20-16-31)39-38(42)46-29-9-8-14-35(43)41-27-25-40(26-28-41)24-10-13-30-11-6-5-7-12-30/h5-7,10-13,15-22H,4,8-9,14,23-29H2,1-3H3. The smallest absolute Gasteiger partial charge is 0.222 e. The van der Waals surface area contributed by atoms with Crippen LogP contribution in [0.25, 0.3) is 28.6 Å². The topological polar surface area (TPSA) is 59.8 Å². The number of unbranched alkanes of at least 4 members (excludes halogenated alkanes) is 1. The largest absolute Gasteiger partial charge is 0.497 e. The summed E-state index contributed by atoms with van der Waals surface area (Å²) in [7, 11) is 3.37. The van der Waals surface area contributed by atoms with Crippen molar-refractivity contribution in [1.29, 1.82) is 0 Å². The number of thioether (sulfide) groups is 1. The second-order valence-corrected chi connectivity index (χ2v) is 12.6. The van der Waals surface area contributed by atoms with E-state index in [1.54, 1.807) is 26.0 Å². The molecule has 0 N–H and O–H groups in total. The van der Waals surface area contributed by atoms with Crippen LogP contribution in [0.15, 0.2) is 90.1 Å². The molecule has 4 aromatic rings. The maximum atomic E-state index is 13.0. The molecule has 1 fully saturated rings. The number of imidazole rings is 1. The molecule has 1 aliphatic rings. The van der Waals surface area contributed by atoms with Crippen molar-refractivity contribution in [3.05, 3.63) is 90.5 Å². The van der Waals surface area contributed by atoms with E-state index >= 15 is 0 Å². The number of methoxy groups -OCH3 is 2. The molecule has 2 heterocycles. The van der Waals surface area contributed by atoms with Gasteiger partial charge in [-0.25, -0.2) is 4.98 Å². The first kappa shape index (κ1) is 33.4. The zero-order valence-corrected chi connectivity index (χ0v) is 28.2. The van der Waals surface area contributed by atoms with Gasteiger partial charge < -0.3 is 18.9 Å². The summed E-state index contributed by atoms with van der Waals surface area (Å²) in [6.45, 7) is 7.46. The maximum absolute atomic E-state index is 13.0. The average molecular weight is 639 g/mol. The molecule has 1 aliphatic heterocycles. The van der Waals surface area contributed by atoms with Gasteiger partial charge in [0.2, 0.25) is 5.91 Å². The van der Waals surface area contributed by atoms with Crippen LogP contribution in [-0.2, 0) is 11.3 Å². The van der Waals surface area contributed by atoms with Crippen LogP contribution in [0.2, 0.25) is 0 Å². The predicted molar refractivity (Wildman–Crippen MR) is 190 cm³/mol. The zero-order chi connectivity index (χ0) is 32.1. The van der Waals surface area contributed by atoms with E-state index in [2.05, 4.69) is 77.1 Å². The summed E-state index contributed by atoms with van der Waals surface area (Å²) in [5.41, 5.74) is 5.47. The Morgan fingerprint density at radius 3 is 2.13 bits per heavy atom. The van der Waals surface area contributed by atoms with Crippen molar-refractivity contribution in [3.8, 4) is 34.0 Å². The normalized spacial score (nSPS) is 13.8. The second-order valence-electron chi connectivity index (χ2n) is 11.5. The van der Waals surface area contributed by atoms with Crippen LogP contribution >= 0.6 is 11.8 Å². The minimum Gasteiger partial charge on any atom is -0.497 e. The molecule has 0 atom stereocenters. The quantitative estimate of drug-likeness (QED) is 0.0980. The highest BCUT2D eigenvalue weighted by molar-refractivity contribution is 7.99. The Hall–Kier alpha value is -4.01. The van der Waals surface area contributed by atoms with Crippen LogP contribution in [0.3, 0.4) is 0 Å². The van der Waals surface area contributed by atoms with Gasteiger partial charge in [0.25, 0.3) is 0 Å². The maximum Gasteiger partial charge on any atom is 0.222 e. The minimum absolute atomic E-state index is 0.278. The summed E-state index contributed by atoms with van der Waals surface area (Å²) in [6, 6.07) is 26.7. The van der Waals surface area contributed by atoms with E-state index in [-0.39, 0.29) is 5.91 Å². The van der Waals surface area contributed by atoms with Crippen molar-refractivity contribution < 1.29 is 14.3 Å². The number of hydrogen-bond donors (Lipinski definition) is 0. The molecule has 0 saturated carbocycles. The first-order valence-electron chi connectivity index (χ1n) is 16.3. The fourth-order valence-electron chi connectivity index (χ4n) is 5.75. The molecule has 0 unspecified atom stereocenters. The van der Waals surface area contributed by atoms with Gasteiger partial charge >= 0.3 is 0 Å². The van der Waals surface area contributed by atoms with E-state index in [1.807, 2.05) is 35.2 Å². The van der Waals surface area contributed by atoms with E-state index in [0.29, 0.717) is 6.42 Å². The third-order valence-corrected chi connectivity index (χ3v) is 9.38. The molecule has 0 bridgehead atoms. The van der Waals surface area contributed by atoms with Gasteiger partial charge in [-0.2, -0.15) is 0 Å². The van der Waals surface area contributed by atoms with Gasteiger partial charge in [-0.3, -0.25) is 9.69 Å². The predicted octanol–water partition coefficient (Wildman–Crippen LogP) is 7.76. The van der Waals surface area contributed by atoms with Gasteiger partial charge in [-0.05, 0) is 73.4 Å². The highest BCUT2D eigenvalue weighted by atomic mass is 32.2. The van der Waals surface area contributed by atoms with Crippen molar-refractivity contribution in [2.24, 2.45) is 0 Å². The summed E-state index contributed by atoms with van der Waals surface area (Å²) < 4.78 is 13.2. The summed E-state index contributed by atoms with van der Waals surface area (Å²) in [4.78, 5) is 22.6. The zero-order valence-electron chi connectivity index (χ0n) is 27.4. The third-order valence-electron chi connectivity index (χ3n) is 8.32. The Bertz CT molecular complexity index is 1540. The Kier molecular flexibility index (Phi) is 12.4. The van der Waals surface area contributed by atoms with Gasteiger partial charge in [0.1, 0.15) is 11.5 Å². The number of nitrogens with zero attached hydrogens (tertiary/aromatic N) is 4. The number of carbonyl (C=O) groups is 1. The Morgan fingerprint density at radius 1 is 0.848 bits per heavy atom. The number of amides is 1. The van der Waals surface area contributed by atoms with Crippen LogP contribution in [0.4, 0.5) is 0 Å². The Labute approximate surface area is 278 Å². The lowest BCUT2D eigenvalue weighted by molar-refractivity contribution is -0.132. The summed E-state index contributed by atoms with van der Waals surface area (Å²) in [6.07, 6.45) is 7.85. The molecule has 0 radical (unpaired) electrons. The molecule has 5 rings (SSSR count). The number of ether oxygens (including phenoxy) is 2. The van der Waals surface area contributed by atoms with Crippen molar-refractivity contribution >= 4 is 23.7 Å². The van der Waals surface area contributed by atoms with Crippen LogP contribution in [0.1, 0.15) is 38.2 Å². The highest BCUT2D eigenvalue weighted by Crippen LogP contribution is 2.37.